The third-order valence-corrected chi connectivity index (χ3v) is 2.39. The van der Waals surface area contributed by atoms with Gasteiger partial charge in [-0.15, -0.1) is 0 Å². The second kappa shape index (κ2) is 6.73. The molecule has 0 N–H and O–H groups in total. The third kappa shape index (κ3) is 4.13. The number of rotatable bonds is 3. The molecule has 0 atom stereocenters. The molecule has 2 aromatic carbocycles. The topological polar surface area (TPSA) is 0 Å². The minimum absolute atomic E-state index is 0. The van der Waals surface area contributed by atoms with Crippen molar-refractivity contribution in [2.75, 3.05) is 0 Å². The average molecular weight is 227 g/mol. The van der Waals surface area contributed by atoms with Gasteiger partial charge in [0.1, 0.15) is 0 Å². The van der Waals surface area contributed by atoms with Gasteiger partial charge in [-0.05, 0) is 24.0 Å². The molecule has 0 heterocycles. The SMILES string of the molecule is [Sc].c1ccc(CCc2ccccc2)cc1. The molecule has 0 aliphatic heterocycles. The molecule has 0 unspecified atom stereocenters. The predicted octanol–water partition coefficient (Wildman–Crippen LogP) is 3.47. The minimum atomic E-state index is 0. The van der Waals surface area contributed by atoms with Gasteiger partial charge in [0.05, 0.1) is 0 Å². The molecule has 0 fully saturated rings. The number of aryl methyl sites for hydroxylation is 2. The first-order valence-corrected chi connectivity index (χ1v) is 5.03. The zero-order valence-corrected chi connectivity index (χ0v) is 10.6. The van der Waals surface area contributed by atoms with Crippen LogP contribution < -0.4 is 0 Å². The fourth-order valence-electron chi connectivity index (χ4n) is 1.58. The van der Waals surface area contributed by atoms with Crippen LogP contribution >= 0.6 is 0 Å². The van der Waals surface area contributed by atoms with Gasteiger partial charge < -0.3 is 0 Å². The quantitative estimate of drug-likeness (QED) is 0.753. The normalized spacial score (nSPS) is 9.33. The summed E-state index contributed by atoms with van der Waals surface area (Å²) >= 11 is 0. The van der Waals surface area contributed by atoms with Crippen molar-refractivity contribution in [3.63, 3.8) is 0 Å². The number of hydrogen-bond donors (Lipinski definition) is 0. The van der Waals surface area contributed by atoms with Gasteiger partial charge in [0, 0.05) is 25.8 Å². The first-order valence-electron chi connectivity index (χ1n) is 5.03. The van der Waals surface area contributed by atoms with E-state index in [-0.39, 0.29) is 25.8 Å². The van der Waals surface area contributed by atoms with E-state index in [1.54, 1.807) is 0 Å². The van der Waals surface area contributed by atoms with E-state index in [4.69, 9.17) is 0 Å². The standard InChI is InChI=1S/C14H14.Sc/c1-3-7-13(8-4-1)11-12-14-9-5-2-6-10-14;/h1-10H,11-12H2;. The van der Waals surface area contributed by atoms with E-state index in [0.717, 1.165) is 12.8 Å². The van der Waals surface area contributed by atoms with Crippen molar-refractivity contribution in [1.82, 2.24) is 0 Å². The van der Waals surface area contributed by atoms with E-state index in [0.29, 0.717) is 0 Å². The molecule has 0 saturated carbocycles. The van der Waals surface area contributed by atoms with Crippen LogP contribution in [0.4, 0.5) is 0 Å². The Morgan fingerprint density at radius 1 is 0.533 bits per heavy atom. The van der Waals surface area contributed by atoms with Crippen LogP contribution in [0.25, 0.3) is 0 Å². The van der Waals surface area contributed by atoms with Crippen molar-refractivity contribution >= 4 is 0 Å². The van der Waals surface area contributed by atoms with Gasteiger partial charge >= 0.3 is 0 Å². The Hall–Kier alpha value is -0.690. The van der Waals surface area contributed by atoms with Crippen LogP contribution in [0.15, 0.2) is 60.7 Å². The van der Waals surface area contributed by atoms with Crippen molar-refractivity contribution in [2.24, 2.45) is 0 Å². The monoisotopic (exact) mass is 227 g/mol. The van der Waals surface area contributed by atoms with Gasteiger partial charge in [0.15, 0.2) is 0 Å². The summed E-state index contributed by atoms with van der Waals surface area (Å²) in [5.74, 6) is 0. The van der Waals surface area contributed by atoms with Crippen LogP contribution in [0.1, 0.15) is 11.1 Å². The molecule has 0 aliphatic rings. The second-order valence-corrected chi connectivity index (χ2v) is 3.47. The summed E-state index contributed by atoms with van der Waals surface area (Å²) in [7, 11) is 0. The van der Waals surface area contributed by atoms with Gasteiger partial charge in [-0.3, -0.25) is 0 Å². The van der Waals surface area contributed by atoms with Crippen LogP contribution in [0, 0.1) is 0 Å². The summed E-state index contributed by atoms with van der Waals surface area (Å²) in [5.41, 5.74) is 2.83. The van der Waals surface area contributed by atoms with Crippen LogP contribution in [0.2, 0.25) is 0 Å². The summed E-state index contributed by atoms with van der Waals surface area (Å²) in [5, 5.41) is 0. The van der Waals surface area contributed by atoms with E-state index >= 15 is 0 Å². The predicted molar refractivity (Wildman–Crippen MR) is 60.3 cm³/mol. The Kier molecular flexibility index (Phi) is 5.56. The number of hydrogen-bond acceptors (Lipinski definition) is 0. The van der Waals surface area contributed by atoms with E-state index in [9.17, 15) is 0 Å². The average Bonchev–Trinajstić information content (AvgIpc) is 2.29. The van der Waals surface area contributed by atoms with E-state index in [1.807, 2.05) is 0 Å². The molecule has 2 aromatic rings. The molecule has 0 bridgehead atoms. The maximum absolute atomic E-state index is 2.18. The van der Waals surface area contributed by atoms with Gasteiger partial charge in [0.25, 0.3) is 0 Å². The van der Waals surface area contributed by atoms with Gasteiger partial charge in [0.2, 0.25) is 0 Å². The molecule has 2 rings (SSSR count). The third-order valence-electron chi connectivity index (χ3n) is 2.39. The van der Waals surface area contributed by atoms with Crippen molar-refractivity contribution in [3.8, 4) is 0 Å². The largest absolute Gasteiger partial charge is 0.0622 e. The maximum Gasteiger partial charge on any atom is 0 e. The molecule has 1 radical (unpaired) electrons. The first-order chi connectivity index (χ1) is 6.95. The summed E-state index contributed by atoms with van der Waals surface area (Å²) in [6.07, 6.45) is 2.26. The Morgan fingerprint density at radius 3 is 1.20 bits per heavy atom. The first kappa shape index (κ1) is 12.4. The summed E-state index contributed by atoms with van der Waals surface area (Å²) in [6.45, 7) is 0. The molecule has 0 saturated heterocycles. The fourth-order valence-corrected chi connectivity index (χ4v) is 1.58. The Morgan fingerprint density at radius 2 is 0.867 bits per heavy atom. The van der Waals surface area contributed by atoms with E-state index < -0.39 is 0 Å². The van der Waals surface area contributed by atoms with Crippen molar-refractivity contribution in [3.05, 3.63) is 71.8 Å². The van der Waals surface area contributed by atoms with Gasteiger partial charge in [-0.25, -0.2) is 0 Å². The summed E-state index contributed by atoms with van der Waals surface area (Å²) in [6, 6.07) is 21.2. The van der Waals surface area contributed by atoms with Crippen LogP contribution in [0.3, 0.4) is 0 Å². The molecule has 0 spiro atoms. The number of benzene rings is 2. The summed E-state index contributed by atoms with van der Waals surface area (Å²) in [4.78, 5) is 0. The zero-order valence-electron chi connectivity index (χ0n) is 8.77. The summed E-state index contributed by atoms with van der Waals surface area (Å²) < 4.78 is 0. The Balaban J connectivity index is 0.00000112. The van der Waals surface area contributed by atoms with Crippen LogP contribution in [-0.4, -0.2) is 0 Å². The van der Waals surface area contributed by atoms with E-state index in [2.05, 4.69) is 60.7 Å². The fraction of sp³-hybridized carbons (Fsp3) is 0.143. The molecule has 0 aliphatic carbocycles. The van der Waals surface area contributed by atoms with Gasteiger partial charge in [-0.1, -0.05) is 60.7 Å². The van der Waals surface area contributed by atoms with Crippen molar-refractivity contribution in [2.45, 2.75) is 12.8 Å². The molecular formula is C14H14Sc. The smallest absolute Gasteiger partial charge is 0 e. The van der Waals surface area contributed by atoms with Crippen molar-refractivity contribution in [1.29, 1.82) is 0 Å². The Bertz CT molecular complexity index is 328. The maximum atomic E-state index is 2.18. The zero-order chi connectivity index (χ0) is 9.64. The minimum Gasteiger partial charge on any atom is -0.0622 e. The molecular weight excluding hydrogens is 213 g/mol. The molecule has 15 heavy (non-hydrogen) atoms. The van der Waals surface area contributed by atoms with Crippen LogP contribution in [-0.2, 0) is 38.7 Å². The molecule has 0 aromatic heterocycles. The molecule has 0 amide bonds. The Labute approximate surface area is 110 Å². The molecule has 0 nitrogen and oxygen atoms in total. The van der Waals surface area contributed by atoms with Gasteiger partial charge in [-0.2, -0.15) is 0 Å². The molecule has 73 valence electrons. The van der Waals surface area contributed by atoms with Crippen LogP contribution in [0.5, 0.6) is 0 Å². The second-order valence-electron chi connectivity index (χ2n) is 3.47. The van der Waals surface area contributed by atoms with E-state index in [1.165, 1.54) is 11.1 Å². The van der Waals surface area contributed by atoms with Crippen molar-refractivity contribution < 1.29 is 25.8 Å². The molecule has 1 heteroatoms.